The summed E-state index contributed by atoms with van der Waals surface area (Å²) in [5, 5.41) is 5.94. The van der Waals surface area contributed by atoms with E-state index in [0.717, 1.165) is 53.3 Å². The first-order valence-electron chi connectivity index (χ1n) is 12.7. The predicted molar refractivity (Wildman–Crippen MR) is 143 cm³/mol. The quantitative estimate of drug-likeness (QED) is 0.432. The van der Waals surface area contributed by atoms with Gasteiger partial charge in [-0.15, -0.1) is 0 Å². The third kappa shape index (κ3) is 5.21. The number of H-pyrrole nitrogens is 1. The molecule has 190 valence electrons. The van der Waals surface area contributed by atoms with E-state index in [1.54, 1.807) is 6.08 Å². The number of aryl methyl sites for hydroxylation is 1. The van der Waals surface area contributed by atoms with Gasteiger partial charge in [0.1, 0.15) is 5.83 Å². The first-order chi connectivity index (χ1) is 17.3. The molecular weight excluding hydrogens is 455 g/mol. The number of carbonyl (C=O) groups is 2. The lowest BCUT2D eigenvalue weighted by molar-refractivity contribution is -0.120. The molecule has 6 nitrogen and oxygen atoms in total. The van der Waals surface area contributed by atoms with Gasteiger partial charge in [-0.3, -0.25) is 9.59 Å². The van der Waals surface area contributed by atoms with Crippen molar-refractivity contribution >= 4 is 29.2 Å². The maximum atomic E-state index is 14.7. The van der Waals surface area contributed by atoms with Gasteiger partial charge in [0, 0.05) is 41.6 Å². The highest BCUT2D eigenvalue weighted by atomic mass is 19.1. The van der Waals surface area contributed by atoms with Crippen molar-refractivity contribution in [1.29, 1.82) is 0 Å². The molecule has 0 saturated heterocycles. The largest absolute Gasteiger partial charge is 0.359 e. The number of aromatic amines is 1. The summed E-state index contributed by atoms with van der Waals surface area (Å²) in [4.78, 5) is 31.2. The number of nitrogens with zero attached hydrogens (tertiary/aromatic N) is 1. The smallest absolute Gasteiger partial charge is 0.256 e. The second-order valence-corrected chi connectivity index (χ2v) is 9.37. The van der Waals surface area contributed by atoms with Gasteiger partial charge in [0.05, 0.1) is 12.0 Å². The molecule has 7 heteroatoms. The standard InChI is InChI=1S/C29H35FN4O2/c1-5-34(6-2)15-14-31-27(35)17-22-18(3)26(32-19(22)4)16-23-28-21(20-10-7-8-12-24(20)30)11-9-13-25(28)33-29(23)36/h7-9,11-13,16,20,32H,5-6,10,14-15,17H2,1-4H3,(H,31,35)(H,33,36)/b23-16-. The Kier molecular flexibility index (Phi) is 7.89. The fourth-order valence-electron chi connectivity index (χ4n) is 5.07. The van der Waals surface area contributed by atoms with Crippen molar-refractivity contribution in [3.8, 4) is 0 Å². The van der Waals surface area contributed by atoms with E-state index in [-0.39, 0.29) is 24.1 Å². The van der Waals surface area contributed by atoms with Crippen molar-refractivity contribution in [1.82, 2.24) is 15.2 Å². The first-order valence-corrected chi connectivity index (χ1v) is 12.7. The molecule has 1 aromatic heterocycles. The Hall–Kier alpha value is -3.45. The third-order valence-corrected chi connectivity index (χ3v) is 7.23. The number of likely N-dealkylation sites (N-methyl/N-ethyl adjacent to an activating group) is 1. The summed E-state index contributed by atoms with van der Waals surface area (Å²) in [5.41, 5.74) is 6.28. The van der Waals surface area contributed by atoms with Crippen LogP contribution in [0.4, 0.5) is 10.1 Å². The number of benzene rings is 1. The summed E-state index contributed by atoms with van der Waals surface area (Å²) in [7, 11) is 0. The fraction of sp³-hybridized carbons (Fsp3) is 0.379. The molecule has 1 aliphatic carbocycles. The number of fused-ring (bicyclic) bond motifs is 1. The van der Waals surface area contributed by atoms with Gasteiger partial charge in [-0.1, -0.05) is 38.1 Å². The number of anilines is 1. The zero-order chi connectivity index (χ0) is 25.8. The molecule has 2 aromatic rings. The molecule has 2 aliphatic rings. The Morgan fingerprint density at radius 1 is 1.25 bits per heavy atom. The van der Waals surface area contributed by atoms with Crippen LogP contribution in [0.3, 0.4) is 0 Å². The number of hydrogen-bond acceptors (Lipinski definition) is 3. The fourth-order valence-corrected chi connectivity index (χ4v) is 5.07. The van der Waals surface area contributed by atoms with E-state index in [1.807, 2.05) is 44.2 Å². The Morgan fingerprint density at radius 3 is 2.75 bits per heavy atom. The average Bonchev–Trinajstić information content (AvgIpc) is 3.32. The van der Waals surface area contributed by atoms with Crippen molar-refractivity contribution in [3.63, 3.8) is 0 Å². The van der Waals surface area contributed by atoms with Gasteiger partial charge in [-0.05, 0) is 68.3 Å². The Labute approximate surface area is 212 Å². The molecule has 1 atom stereocenters. The van der Waals surface area contributed by atoms with Crippen molar-refractivity contribution in [2.24, 2.45) is 0 Å². The number of rotatable bonds is 9. The van der Waals surface area contributed by atoms with Crippen LogP contribution in [-0.4, -0.2) is 47.9 Å². The first kappa shape index (κ1) is 25.6. The summed E-state index contributed by atoms with van der Waals surface area (Å²) in [6, 6.07) is 5.59. The molecule has 1 aliphatic heterocycles. The molecule has 1 unspecified atom stereocenters. The zero-order valence-electron chi connectivity index (χ0n) is 21.5. The maximum Gasteiger partial charge on any atom is 0.256 e. The molecule has 0 saturated carbocycles. The Balaban J connectivity index is 1.58. The van der Waals surface area contributed by atoms with E-state index in [4.69, 9.17) is 0 Å². The van der Waals surface area contributed by atoms with Gasteiger partial charge in [-0.25, -0.2) is 4.39 Å². The van der Waals surface area contributed by atoms with Crippen LogP contribution in [-0.2, 0) is 16.0 Å². The summed E-state index contributed by atoms with van der Waals surface area (Å²) >= 11 is 0. The van der Waals surface area contributed by atoms with Crippen LogP contribution in [0.2, 0.25) is 0 Å². The van der Waals surface area contributed by atoms with E-state index in [0.29, 0.717) is 24.2 Å². The highest BCUT2D eigenvalue weighted by Crippen LogP contribution is 2.43. The Morgan fingerprint density at radius 2 is 2.03 bits per heavy atom. The van der Waals surface area contributed by atoms with Crippen LogP contribution >= 0.6 is 0 Å². The van der Waals surface area contributed by atoms with Crippen molar-refractivity contribution in [2.45, 2.75) is 46.5 Å². The van der Waals surface area contributed by atoms with Crippen molar-refractivity contribution in [2.75, 3.05) is 31.5 Å². The highest BCUT2D eigenvalue weighted by Gasteiger charge is 2.31. The van der Waals surface area contributed by atoms with Crippen LogP contribution in [0.25, 0.3) is 11.6 Å². The minimum absolute atomic E-state index is 0.0228. The second kappa shape index (κ2) is 11.1. The van der Waals surface area contributed by atoms with Crippen LogP contribution in [0, 0.1) is 13.8 Å². The highest BCUT2D eigenvalue weighted by molar-refractivity contribution is 6.35. The maximum absolute atomic E-state index is 14.7. The molecule has 0 spiro atoms. The lowest BCUT2D eigenvalue weighted by Gasteiger charge is -2.19. The van der Waals surface area contributed by atoms with Gasteiger partial charge in [-0.2, -0.15) is 0 Å². The number of amides is 2. The second-order valence-electron chi connectivity index (χ2n) is 9.37. The van der Waals surface area contributed by atoms with Gasteiger partial charge < -0.3 is 20.5 Å². The lowest BCUT2D eigenvalue weighted by Crippen LogP contribution is -2.35. The molecule has 2 heterocycles. The summed E-state index contributed by atoms with van der Waals surface area (Å²) in [6.07, 6.45) is 7.80. The van der Waals surface area contributed by atoms with Crippen LogP contribution < -0.4 is 10.6 Å². The van der Waals surface area contributed by atoms with E-state index >= 15 is 0 Å². The molecule has 4 rings (SSSR count). The van der Waals surface area contributed by atoms with Crippen molar-refractivity contribution in [3.05, 3.63) is 75.9 Å². The van der Waals surface area contributed by atoms with E-state index in [2.05, 4.69) is 34.4 Å². The topological polar surface area (TPSA) is 77.2 Å². The summed E-state index contributed by atoms with van der Waals surface area (Å²) in [6.45, 7) is 11.5. The summed E-state index contributed by atoms with van der Waals surface area (Å²) < 4.78 is 14.7. The number of halogens is 1. The molecular formula is C29H35FN4O2. The molecule has 0 radical (unpaired) electrons. The average molecular weight is 491 g/mol. The number of aromatic nitrogens is 1. The van der Waals surface area contributed by atoms with Gasteiger partial charge >= 0.3 is 0 Å². The number of allylic oxidation sites excluding steroid dienone is 4. The number of carbonyl (C=O) groups excluding carboxylic acids is 2. The van der Waals surface area contributed by atoms with E-state index in [9.17, 15) is 14.0 Å². The van der Waals surface area contributed by atoms with Crippen LogP contribution in [0.15, 0.2) is 42.3 Å². The summed E-state index contributed by atoms with van der Waals surface area (Å²) in [5.74, 6) is -0.852. The normalized spacial score (nSPS) is 17.9. The third-order valence-electron chi connectivity index (χ3n) is 7.23. The lowest BCUT2D eigenvalue weighted by atomic mass is 9.85. The molecule has 2 amide bonds. The number of nitrogens with one attached hydrogen (secondary N) is 3. The monoisotopic (exact) mass is 490 g/mol. The molecule has 0 fully saturated rings. The minimum Gasteiger partial charge on any atom is -0.359 e. The minimum atomic E-state index is -0.414. The van der Waals surface area contributed by atoms with Gasteiger partial charge in [0.25, 0.3) is 5.91 Å². The predicted octanol–water partition coefficient (Wildman–Crippen LogP) is 5.02. The number of hydrogen-bond donors (Lipinski definition) is 3. The van der Waals surface area contributed by atoms with Crippen LogP contribution in [0.5, 0.6) is 0 Å². The SMILES string of the molecule is CCN(CC)CCNC(=O)Cc1c(C)[nH]c(/C=C2\C(=O)Nc3cccc(C4CC=CC=C4F)c32)c1C. The molecule has 36 heavy (non-hydrogen) atoms. The van der Waals surface area contributed by atoms with Crippen LogP contribution in [0.1, 0.15) is 59.8 Å². The van der Waals surface area contributed by atoms with E-state index < -0.39 is 5.92 Å². The van der Waals surface area contributed by atoms with Gasteiger partial charge in [0.15, 0.2) is 0 Å². The Bertz CT molecular complexity index is 1250. The van der Waals surface area contributed by atoms with Gasteiger partial charge in [0.2, 0.25) is 5.91 Å². The van der Waals surface area contributed by atoms with Crippen molar-refractivity contribution < 1.29 is 14.0 Å². The molecule has 1 aromatic carbocycles. The molecule has 3 N–H and O–H groups in total. The van der Waals surface area contributed by atoms with E-state index in [1.165, 1.54) is 6.08 Å². The zero-order valence-corrected chi connectivity index (χ0v) is 21.5. The molecule has 0 bridgehead atoms.